The molecular weight excluding hydrogens is 340 g/mol. The zero-order valence-corrected chi connectivity index (χ0v) is 13.8. The van der Waals surface area contributed by atoms with E-state index in [1.807, 2.05) is 32.0 Å². The molecule has 0 unspecified atom stereocenters. The lowest BCUT2D eigenvalue weighted by atomic mass is 9.97. The summed E-state index contributed by atoms with van der Waals surface area (Å²) in [4.78, 5) is 12.6. The third-order valence-electron chi connectivity index (χ3n) is 3.18. The average molecular weight is 354 g/mol. The molecule has 0 aliphatic carbocycles. The first-order valence-electron chi connectivity index (χ1n) is 6.09. The number of ketones is 1. The molecular formula is C16H14BrClO2. The Balaban J connectivity index is 2.54. The first-order valence-corrected chi connectivity index (χ1v) is 7.26. The van der Waals surface area contributed by atoms with Gasteiger partial charge in [-0.2, -0.15) is 0 Å². The first-order chi connectivity index (χ1) is 9.45. The van der Waals surface area contributed by atoms with Gasteiger partial charge >= 0.3 is 0 Å². The Morgan fingerprint density at radius 2 is 1.85 bits per heavy atom. The van der Waals surface area contributed by atoms with Gasteiger partial charge < -0.3 is 4.74 Å². The molecule has 0 saturated heterocycles. The Hall–Kier alpha value is -1.32. The number of benzene rings is 2. The molecule has 0 radical (unpaired) electrons. The number of carbonyl (C=O) groups excluding carboxylic acids is 1. The molecule has 2 nitrogen and oxygen atoms in total. The fourth-order valence-corrected chi connectivity index (χ4v) is 2.66. The molecule has 0 aromatic heterocycles. The minimum absolute atomic E-state index is 0.0837. The van der Waals surface area contributed by atoms with Crippen LogP contribution in [0.25, 0.3) is 0 Å². The minimum Gasteiger partial charge on any atom is -0.496 e. The average Bonchev–Trinajstić information content (AvgIpc) is 2.43. The highest BCUT2D eigenvalue weighted by Gasteiger charge is 2.17. The molecule has 20 heavy (non-hydrogen) atoms. The molecule has 104 valence electrons. The molecule has 2 rings (SSSR count). The maximum absolute atomic E-state index is 12.6. The highest BCUT2D eigenvalue weighted by atomic mass is 79.9. The largest absolute Gasteiger partial charge is 0.496 e. The summed E-state index contributed by atoms with van der Waals surface area (Å²) < 4.78 is 5.98. The van der Waals surface area contributed by atoms with Crippen molar-refractivity contribution in [3.8, 4) is 5.75 Å². The Morgan fingerprint density at radius 3 is 2.50 bits per heavy atom. The van der Waals surface area contributed by atoms with Crippen LogP contribution >= 0.6 is 27.5 Å². The van der Waals surface area contributed by atoms with E-state index in [2.05, 4.69) is 15.9 Å². The quantitative estimate of drug-likeness (QED) is 0.729. The molecule has 0 bridgehead atoms. The zero-order chi connectivity index (χ0) is 14.9. The molecule has 0 fully saturated rings. The maximum atomic E-state index is 12.6. The predicted octanol–water partition coefficient (Wildman–Crippen LogP) is 4.96. The molecule has 0 amide bonds. The lowest BCUT2D eigenvalue weighted by molar-refractivity contribution is 0.103. The van der Waals surface area contributed by atoms with Crippen LogP contribution in [0.4, 0.5) is 0 Å². The minimum atomic E-state index is -0.0837. The monoisotopic (exact) mass is 352 g/mol. The molecule has 0 N–H and O–H groups in total. The van der Waals surface area contributed by atoms with E-state index in [1.165, 1.54) is 0 Å². The van der Waals surface area contributed by atoms with Crippen molar-refractivity contribution >= 4 is 33.3 Å². The van der Waals surface area contributed by atoms with Crippen LogP contribution in [0.15, 0.2) is 34.8 Å². The Bertz CT molecular complexity index is 680. The second-order valence-electron chi connectivity index (χ2n) is 4.57. The summed E-state index contributed by atoms with van der Waals surface area (Å²) in [5, 5.41) is 0.436. The fraction of sp³-hybridized carbons (Fsp3) is 0.188. The molecule has 2 aromatic carbocycles. The smallest absolute Gasteiger partial charge is 0.194 e. The van der Waals surface area contributed by atoms with Crippen LogP contribution in [0.1, 0.15) is 27.0 Å². The lowest BCUT2D eigenvalue weighted by Crippen LogP contribution is -2.06. The summed E-state index contributed by atoms with van der Waals surface area (Å²) in [5.74, 6) is 0.693. The van der Waals surface area contributed by atoms with Crippen molar-refractivity contribution in [2.75, 3.05) is 7.11 Å². The van der Waals surface area contributed by atoms with E-state index in [9.17, 15) is 4.79 Å². The molecule has 2 aromatic rings. The van der Waals surface area contributed by atoms with Gasteiger partial charge in [0.15, 0.2) is 5.78 Å². The van der Waals surface area contributed by atoms with E-state index >= 15 is 0 Å². The van der Waals surface area contributed by atoms with Crippen LogP contribution in [0.5, 0.6) is 5.75 Å². The van der Waals surface area contributed by atoms with E-state index in [0.29, 0.717) is 20.6 Å². The number of halogens is 2. The van der Waals surface area contributed by atoms with Gasteiger partial charge in [0, 0.05) is 15.6 Å². The molecule has 0 saturated carbocycles. The van der Waals surface area contributed by atoms with Gasteiger partial charge in [-0.05, 0) is 65.2 Å². The van der Waals surface area contributed by atoms with Gasteiger partial charge in [-0.1, -0.05) is 17.7 Å². The van der Waals surface area contributed by atoms with E-state index in [1.54, 1.807) is 19.2 Å². The van der Waals surface area contributed by atoms with Crippen LogP contribution < -0.4 is 4.74 Å². The zero-order valence-electron chi connectivity index (χ0n) is 11.5. The van der Waals surface area contributed by atoms with Crippen LogP contribution in [0.2, 0.25) is 5.02 Å². The number of hydrogen-bond acceptors (Lipinski definition) is 2. The molecule has 4 heteroatoms. The van der Waals surface area contributed by atoms with Crippen LogP contribution in [0, 0.1) is 13.8 Å². The van der Waals surface area contributed by atoms with Crippen molar-refractivity contribution in [1.29, 1.82) is 0 Å². The maximum Gasteiger partial charge on any atom is 0.194 e. The Kier molecular flexibility index (Phi) is 4.51. The van der Waals surface area contributed by atoms with Crippen LogP contribution in [0.3, 0.4) is 0 Å². The number of hydrogen-bond donors (Lipinski definition) is 0. The number of aryl methyl sites for hydroxylation is 2. The summed E-state index contributed by atoms with van der Waals surface area (Å²) in [6, 6.07) is 9.05. The van der Waals surface area contributed by atoms with Gasteiger partial charge in [-0.3, -0.25) is 4.79 Å². The van der Waals surface area contributed by atoms with Crippen LogP contribution in [-0.2, 0) is 0 Å². The van der Waals surface area contributed by atoms with E-state index in [-0.39, 0.29) is 5.78 Å². The van der Waals surface area contributed by atoms with Gasteiger partial charge in [0.1, 0.15) is 5.75 Å². The van der Waals surface area contributed by atoms with Crippen molar-refractivity contribution in [2.45, 2.75) is 13.8 Å². The number of rotatable bonds is 3. The predicted molar refractivity (Wildman–Crippen MR) is 85.1 cm³/mol. The molecule has 0 aliphatic heterocycles. The summed E-state index contributed by atoms with van der Waals surface area (Å²) in [5.41, 5.74) is 2.93. The molecule has 0 aliphatic rings. The van der Waals surface area contributed by atoms with Crippen molar-refractivity contribution in [1.82, 2.24) is 0 Å². The summed E-state index contributed by atoms with van der Waals surface area (Å²) in [6.07, 6.45) is 0. The van der Waals surface area contributed by atoms with Crippen LogP contribution in [-0.4, -0.2) is 12.9 Å². The summed E-state index contributed by atoms with van der Waals surface area (Å²) in [6.45, 7) is 3.80. The van der Waals surface area contributed by atoms with Gasteiger partial charge in [-0.25, -0.2) is 0 Å². The molecule has 0 heterocycles. The van der Waals surface area contributed by atoms with Crippen molar-refractivity contribution in [3.05, 3.63) is 62.1 Å². The standard InChI is InChI=1S/C16H14BrClO2/c1-9-8-14(20-3)10(2)7-12(9)16(19)11-5-4-6-13(17)15(11)18/h4-8H,1-3H3. The van der Waals surface area contributed by atoms with Gasteiger partial charge in [0.2, 0.25) is 0 Å². The van der Waals surface area contributed by atoms with E-state index in [0.717, 1.165) is 16.9 Å². The first kappa shape index (κ1) is 15.1. The molecule has 0 atom stereocenters. The second-order valence-corrected chi connectivity index (χ2v) is 5.80. The van der Waals surface area contributed by atoms with Crippen molar-refractivity contribution < 1.29 is 9.53 Å². The van der Waals surface area contributed by atoms with E-state index < -0.39 is 0 Å². The lowest BCUT2D eigenvalue weighted by Gasteiger charge is -2.11. The third kappa shape index (κ3) is 2.74. The Labute approximate surface area is 131 Å². The SMILES string of the molecule is COc1cc(C)c(C(=O)c2cccc(Br)c2Cl)cc1C. The Morgan fingerprint density at radius 1 is 1.15 bits per heavy atom. The van der Waals surface area contributed by atoms with Crippen molar-refractivity contribution in [3.63, 3.8) is 0 Å². The van der Waals surface area contributed by atoms with Gasteiger partial charge in [-0.15, -0.1) is 0 Å². The molecule has 0 spiro atoms. The third-order valence-corrected chi connectivity index (χ3v) is 4.48. The van der Waals surface area contributed by atoms with E-state index in [4.69, 9.17) is 16.3 Å². The number of ether oxygens (including phenoxy) is 1. The number of methoxy groups -OCH3 is 1. The number of carbonyl (C=O) groups is 1. The summed E-state index contributed by atoms with van der Waals surface area (Å²) >= 11 is 9.53. The van der Waals surface area contributed by atoms with Gasteiger partial charge in [0.05, 0.1) is 12.1 Å². The second kappa shape index (κ2) is 5.98. The normalized spacial score (nSPS) is 10.4. The fourth-order valence-electron chi connectivity index (χ4n) is 2.08. The van der Waals surface area contributed by atoms with Gasteiger partial charge in [0.25, 0.3) is 0 Å². The highest BCUT2D eigenvalue weighted by Crippen LogP contribution is 2.30. The van der Waals surface area contributed by atoms with Crippen molar-refractivity contribution in [2.24, 2.45) is 0 Å². The highest BCUT2D eigenvalue weighted by molar-refractivity contribution is 9.10. The summed E-state index contributed by atoms with van der Waals surface area (Å²) in [7, 11) is 1.62. The topological polar surface area (TPSA) is 26.3 Å².